The Labute approximate surface area is 172 Å². The van der Waals surface area contributed by atoms with E-state index in [2.05, 4.69) is 10.0 Å². The molecule has 2 aromatic rings. The maximum Gasteiger partial charge on any atom is 0.257 e. The van der Waals surface area contributed by atoms with Crippen molar-refractivity contribution in [2.75, 3.05) is 20.3 Å². The minimum Gasteiger partial charge on any atom is -0.497 e. The van der Waals surface area contributed by atoms with Crippen LogP contribution >= 0.6 is 0 Å². The molecule has 7 nitrogen and oxygen atoms in total. The quantitative estimate of drug-likeness (QED) is 0.583. The smallest absolute Gasteiger partial charge is 0.257 e. The zero-order chi connectivity index (χ0) is 21.3. The van der Waals surface area contributed by atoms with Crippen molar-refractivity contribution in [1.29, 1.82) is 0 Å². The number of carbonyl (C=O) groups is 1. The van der Waals surface area contributed by atoms with Gasteiger partial charge >= 0.3 is 0 Å². The zero-order valence-electron chi connectivity index (χ0n) is 17.0. The van der Waals surface area contributed by atoms with E-state index in [0.29, 0.717) is 25.1 Å². The van der Waals surface area contributed by atoms with E-state index in [9.17, 15) is 13.2 Å². The van der Waals surface area contributed by atoms with Gasteiger partial charge in [-0.2, -0.15) is 0 Å². The van der Waals surface area contributed by atoms with Crippen LogP contribution in [0.25, 0.3) is 0 Å². The number of sulfonamides is 1. The van der Waals surface area contributed by atoms with Crippen molar-refractivity contribution in [1.82, 2.24) is 10.0 Å². The molecule has 0 spiro atoms. The Balaban J connectivity index is 1.76. The Kier molecular flexibility index (Phi) is 8.48. The van der Waals surface area contributed by atoms with Gasteiger partial charge in [0, 0.05) is 12.6 Å². The Morgan fingerprint density at radius 1 is 1.03 bits per heavy atom. The first-order valence-corrected chi connectivity index (χ1v) is 11.0. The van der Waals surface area contributed by atoms with Gasteiger partial charge in [-0.3, -0.25) is 4.79 Å². The summed E-state index contributed by atoms with van der Waals surface area (Å²) in [6.45, 7) is 4.07. The third-order valence-corrected chi connectivity index (χ3v) is 5.97. The molecule has 158 valence electrons. The summed E-state index contributed by atoms with van der Waals surface area (Å²) in [6.07, 6.45) is 1.40. The van der Waals surface area contributed by atoms with Gasteiger partial charge in [0.2, 0.25) is 10.0 Å². The van der Waals surface area contributed by atoms with Gasteiger partial charge in [-0.25, -0.2) is 13.1 Å². The van der Waals surface area contributed by atoms with Gasteiger partial charge in [-0.1, -0.05) is 19.1 Å². The highest BCUT2D eigenvalue weighted by molar-refractivity contribution is 7.89. The summed E-state index contributed by atoms with van der Waals surface area (Å²) in [4.78, 5) is 12.1. The van der Waals surface area contributed by atoms with E-state index in [0.717, 1.165) is 11.3 Å². The largest absolute Gasteiger partial charge is 0.497 e. The predicted molar refractivity (Wildman–Crippen MR) is 112 cm³/mol. The molecule has 0 aromatic heterocycles. The van der Waals surface area contributed by atoms with Crippen molar-refractivity contribution in [2.45, 2.75) is 37.6 Å². The van der Waals surface area contributed by atoms with E-state index in [1.54, 1.807) is 7.11 Å². The average molecular weight is 421 g/mol. The highest BCUT2D eigenvalue weighted by atomic mass is 32.2. The monoisotopic (exact) mass is 420 g/mol. The highest BCUT2D eigenvalue weighted by Gasteiger charge is 2.16. The molecular weight excluding hydrogens is 392 g/mol. The number of nitrogens with one attached hydrogen (secondary N) is 2. The Bertz CT molecular complexity index is 880. The molecule has 0 saturated heterocycles. The molecule has 1 amide bonds. The summed E-state index contributed by atoms with van der Waals surface area (Å²) < 4.78 is 37.6. The van der Waals surface area contributed by atoms with E-state index in [1.165, 1.54) is 24.3 Å². The molecule has 29 heavy (non-hydrogen) atoms. The Morgan fingerprint density at radius 2 is 1.66 bits per heavy atom. The van der Waals surface area contributed by atoms with E-state index >= 15 is 0 Å². The van der Waals surface area contributed by atoms with Crippen LogP contribution in [0.1, 0.15) is 25.8 Å². The summed E-state index contributed by atoms with van der Waals surface area (Å²) in [5.41, 5.74) is 1.09. The van der Waals surface area contributed by atoms with Crippen LogP contribution in [-0.2, 0) is 21.2 Å². The third-order valence-electron chi connectivity index (χ3n) is 4.37. The molecule has 1 atom stereocenters. The molecular formula is C21H28N2O5S. The van der Waals surface area contributed by atoms with E-state index < -0.39 is 10.0 Å². The number of benzene rings is 2. The standard InChI is InChI=1S/C21H28N2O5S/c1-4-16(2)23-29(25,26)20-11-9-19(10-12-20)28-15-21(24)22-14-13-17-5-7-18(27-3)8-6-17/h5-12,16,23H,4,13-15H2,1-3H3,(H,22,24)/t16-/m0/s1. The van der Waals surface area contributed by atoms with Gasteiger partial charge in [0.25, 0.3) is 5.91 Å². The van der Waals surface area contributed by atoms with E-state index in [-0.39, 0.29) is 23.5 Å². The SMILES string of the molecule is CC[C@H](C)NS(=O)(=O)c1ccc(OCC(=O)NCCc2ccc(OC)cc2)cc1. The summed E-state index contributed by atoms with van der Waals surface area (Å²) >= 11 is 0. The first-order valence-electron chi connectivity index (χ1n) is 9.49. The Hall–Kier alpha value is -2.58. The van der Waals surface area contributed by atoms with Crippen molar-refractivity contribution in [3.8, 4) is 11.5 Å². The average Bonchev–Trinajstić information content (AvgIpc) is 2.72. The predicted octanol–water partition coefficient (Wildman–Crippen LogP) is 2.51. The molecule has 2 aromatic carbocycles. The molecule has 0 bridgehead atoms. The number of ether oxygens (including phenoxy) is 2. The van der Waals surface area contributed by atoms with Crippen molar-refractivity contribution in [2.24, 2.45) is 0 Å². The second-order valence-electron chi connectivity index (χ2n) is 6.64. The van der Waals surface area contributed by atoms with Gasteiger partial charge in [0.05, 0.1) is 12.0 Å². The molecule has 0 saturated carbocycles. The molecule has 0 aliphatic carbocycles. The van der Waals surface area contributed by atoms with Crippen molar-refractivity contribution in [3.63, 3.8) is 0 Å². The topological polar surface area (TPSA) is 93.7 Å². The number of amides is 1. The number of hydrogen-bond acceptors (Lipinski definition) is 5. The van der Waals surface area contributed by atoms with Gasteiger partial charge in [0.1, 0.15) is 11.5 Å². The molecule has 0 aliphatic rings. The molecule has 0 unspecified atom stereocenters. The molecule has 0 heterocycles. The second-order valence-corrected chi connectivity index (χ2v) is 8.35. The number of rotatable bonds is 11. The lowest BCUT2D eigenvalue weighted by Crippen LogP contribution is -2.32. The van der Waals surface area contributed by atoms with Gasteiger partial charge < -0.3 is 14.8 Å². The molecule has 0 radical (unpaired) electrons. The van der Waals surface area contributed by atoms with Crippen molar-refractivity contribution < 1.29 is 22.7 Å². The fourth-order valence-electron chi connectivity index (χ4n) is 2.47. The fraction of sp³-hybridized carbons (Fsp3) is 0.381. The van der Waals surface area contributed by atoms with Gasteiger partial charge in [-0.05, 0) is 61.7 Å². The van der Waals surface area contributed by atoms with Crippen LogP contribution in [0.15, 0.2) is 53.4 Å². The van der Waals surface area contributed by atoms with Crippen LogP contribution in [0.4, 0.5) is 0 Å². The van der Waals surface area contributed by atoms with Crippen LogP contribution < -0.4 is 19.5 Å². The normalized spacial score (nSPS) is 12.2. The molecule has 0 aliphatic heterocycles. The molecule has 2 N–H and O–H groups in total. The maximum absolute atomic E-state index is 12.2. The molecule has 8 heteroatoms. The number of methoxy groups -OCH3 is 1. The number of hydrogen-bond donors (Lipinski definition) is 2. The fourth-order valence-corrected chi connectivity index (χ4v) is 3.80. The lowest BCUT2D eigenvalue weighted by Gasteiger charge is -2.12. The van der Waals surface area contributed by atoms with Crippen molar-refractivity contribution >= 4 is 15.9 Å². The van der Waals surface area contributed by atoms with Crippen LogP contribution in [0.2, 0.25) is 0 Å². The van der Waals surface area contributed by atoms with Crippen LogP contribution in [0.5, 0.6) is 11.5 Å². The summed E-state index contributed by atoms with van der Waals surface area (Å²) in [7, 11) is -1.94. The minimum absolute atomic E-state index is 0.139. The lowest BCUT2D eigenvalue weighted by molar-refractivity contribution is -0.123. The van der Waals surface area contributed by atoms with E-state index in [4.69, 9.17) is 9.47 Å². The Morgan fingerprint density at radius 3 is 2.24 bits per heavy atom. The van der Waals surface area contributed by atoms with Gasteiger partial charge in [0.15, 0.2) is 6.61 Å². The van der Waals surface area contributed by atoms with Gasteiger partial charge in [-0.15, -0.1) is 0 Å². The second kappa shape index (κ2) is 10.8. The minimum atomic E-state index is -3.56. The third kappa shape index (κ3) is 7.40. The maximum atomic E-state index is 12.2. The van der Waals surface area contributed by atoms with E-state index in [1.807, 2.05) is 38.1 Å². The van der Waals surface area contributed by atoms with Crippen LogP contribution in [0, 0.1) is 0 Å². The summed E-state index contributed by atoms with van der Waals surface area (Å²) in [6, 6.07) is 13.5. The molecule has 2 rings (SSSR count). The summed E-state index contributed by atoms with van der Waals surface area (Å²) in [5, 5.41) is 2.79. The molecule has 0 fully saturated rings. The first kappa shape index (κ1) is 22.7. The van der Waals surface area contributed by atoms with Crippen LogP contribution in [-0.4, -0.2) is 40.6 Å². The first-order chi connectivity index (χ1) is 13.8. The summed E-state index contributed by atoms with van der Waals surface area (Å²) in [5.74, 6) is 0.979. The highest BCUT2D eigenvalue weighted by Crippen LogP contribution is 2.16. The zero-order valence-corrected chi connectivity index (χ0v) is 17.8. The lowest BCUT2D eigenvalue weighted by atomic mass is 10.1. The van der Waals surface area contributed by atoms with Crippen molar-refractivity contribution in [3.05, 3.63) is 54.1 Å². The number of carbonyl (C=O) groups excluding carboxylic acids is 1. The van der Waals surface area contributed by atoms with Crippen LogP contribution in [0.3, 0.4) is 0 Å².